The standard InChI is InChI=1S/C21H25NO6/c1-2-18-17(21(24)25)11-19(28-18)20(23)22-12-14-3-5-15(6-4-14)13-27-16-7-9-26-10-8-16/h3-6,11,16H,2,7-10,12-13H2,1H3,(H,22,23)(H,24,25). The van der Waals surface area contributed by atoms with E-state index >= 15 is 0 Å². The van der Waals surface area contributed by atoms with Crippen LogP contribution >= 0.6 is 0 Å². The smallest absolute Gasteiger partial charge is 0.339 e. The molecule has 0 radical (unpaired) electrons. The summed E-state index contributed by atoms with van der Waals surface area (Å²) in [5.74, 6) is -1.23. The summed E-state index contributed by atoms with van der Waals surface area (Å²) in [5.41, 5.74) is 2.04. The quantitative estimate of drug-likeness (QED) is 0.722. The molecule has 1 amide bonds. The maximum absolute atomic E-state index is 12.2. The summed E-state index contributed by atoms with van der Waals surface area (Å²) in [7, 11) is 0. The van der Waals surface area contributed by atoms with Gasteiger partial charge in [-0.05, 0) is 24.0 Å². The van der Waals surface area contributed by atoms with E-state index in [1.807, 2.05) is 24.3 Å². The molecule has 1 aromatic carbocycles. The molecule has 0 aliphatic carbocycles. The van der Waals surface area contributed by atoms with E-state index in [0.29, 0.717) is 25.3 Å². The molecule has 7 heteroatoms. The molecule has 1 aromatic heterocycles. The zero-order valence-electron chi connectivity index (χ0n) is 15.9. The Morgan fingerprint density at radius 3 is 2.46 bits per heavy atom. The number of benzene rings is 1. The lowest BCUT2D eigenvalue weighted by Gasteiger charge is -2.22. The molecule has 1 aliphatic heterocycles. The molecule has 28 heavy (non-hydrogen) atoms. The van der Waals surface area contributed by atoms with Crippen LogP contribution in [-0.2, 0) is 29.0 Å². The summed E-state index contributed by atoms with van der Waals surface area (Å²) in [6.07, 6.45) is 2.52. The van der Waals surface area contributed by atoms with E-state index in [9.17, 15) is 9.59 Å². The van der Waals surface area contributed by atoms with Gasteiger partial charge < -0.3 is 24.3 Å². The number of carboxylic acids is 1. The minimum atomic E-state index is -1.10. The van der Waals surface area contributed by atoms with Crippen molar-refractivity contribution in [1.29, 1.82) is 0 Å². The second-order valence-corrected chi connectivity index (χ2v) is 6.73. The van der Waals surface area contributed by atoms with E-state index in [4.69, 9.17) is 19.0 Å². The van der Waals surface area contributed by atoms with Crippen molar-refractivity contribution in [2.75, 3.05) is 13.2 Å². The Balaban J connectivity index is 1.50. The number of nitrogens with one attached hydrogen (secondary N) is 1. The first kappa shape index (κ1) is 20.1. The van der Waals surface area contributed by atoms with Gasteiger partial charge in [0.25, 0.3) is 5.91 Å². The zero-order valence-corrected chi connectivity index (χ0v) is 15.9. The predicted molar refractivity (Wildman–Crippen MR) is 101 cm³/mol. The minimum Gasteiger partial charge on any atom is -0.478 e. The monoisotopic (exact) mass is 387 g/mol. The molecule has 0 unspecified atom stereocenters. The second kappa shape index (κ2) is 9.52. The van der Waals surface area contributed by atoms with Crippen molar-refractivity contribution in [3.63, 3.8) is 0 Å². The van der Waals surface area contributed by atoms with Gasteiger partial charge in [-0.3, -0.25) is 4.79 Å². The molecule has 1 saturated heterocycles. The number of rotatable bonds is 8. The van der Waals surface area contributed by atoms with Gasteiger partial charge in [0.1, 0.15) is 11.3 Å². The van der Waals surface area contributed by atoms with Crippen molar-refractivity contribution < 1.29 is 28.6 Å². The third-order valence-electron chi connectivity index (χ3n) is 4.71. The fourth-order valence-corrected chi connectivity index (χ4v) is 3.06. The fraction of sp³-hybridized carbons (Fsp3) is 0.429. The third kappa shape index (κ3) is 5.21. The van der Waals surface area contributed by atoms with Crippen LogP contribution in [0.4, 0.5) is 0 Å². The van der Waals surface area contributed by atoms with Crippen molar-refractivity contribution in [2.45, 2.75) is 45.4 Å². The minimum absolute atomic E-state index is 0.00994. The highest BCUT2D eigenvalue weighted by Crippen LogP contribution is 2.17. The van der Waals surface area contributed by atoms with Crippen LogP contribution in [0.1, 0.15) is 57.6 Å². The summed E-state index contributed by atoms with van der Waals surface area (Å²) in [4.78, 5) is 23.4. The Kier molecular flexibility index (Phi) is 6.84. The highest BCUT2D eigenvalue weighted by atomic mass is 16.5. The normalized spacial score (nSPS) is 14.8. The molecular weight excluding hydrogens is 362 g/mol. The number of furan rings is 1. The lowest BCUT2D eigenvalue weighted by Crippen LogP contribution is -2.23. The SMILES string of the molecule is CCc1oc(C(=O)NCc2ccc(COC3CCOCC3)cc2)cc1C(=O)O. The molecule has 2 N–H and O–H groups in total. The lowest BCUT2D eigenvalue weighted by molar-refractivity contribution is -0.0390. The molecule has 0 spiro atoms. The summed E-state index contributed by atoms with van der Waals surface area (Å²) in [6, 6.07) is 9.10. The van der Waals surface area contributed by atoms with Gasteiger partial charge in [-0.25, -0.2) is 4.79 Å². The zero-order chi connectivity index (χ0) is 19.9. The second-order valence-electron chi connectivity index (χ2n) is 6.73. The van der Waals surface area contributed by atoms with Crippen LogP contribution in [0.3, 0.4) is 0 Å². The molecule has 0 bridgehead atoms. The summed E-state index contributed by atoms with van der Waals surface area (Å²) >= 11 is 0. The molecular formula is C21H25NO6. The van der Waals surface area contributed by atoms with Crippen LogP contribution in [0.15, 0.2) is 34.7 Å². The average Bonchev–Trinajstić information content (AvgIpc) is 3.17. The van der Waals surface area contributed by atoms with E-state index in [0.717, 1.165) is 37.2 Å². The molecule has 3 rings (SSSR count). The van der Waals surface area contributed by atoms with Gasteiger partial charge in [0, 0.05) is 32.2 Å². The van der Waals surface area contributed by atoms with Crippen molar-refractivity contribution in [3.8, 4) is 0 Å². The number of aryl methyl sites for hydroxylation is 1. The predicted octanol–water partition coefficient (Wildman–Crippen LogP) is 3.17. The van der Waals surface area contributed by atoms with Crippen molar-refractivity contribution >= 4 is 11.9 Å². The molecule has 2 aromatic rings. The third-order valence-corrected chi connectivity index (χ3v) is 4.71. The van der Waals surface area contributed by atoms with Gasteiger partial charge in [0.2, 0.25) is 0 Å². The number of carboxylic acid groups (broad SMARTS) is 1. The van der Waals surface area contributed by atoms with E-state index in [2.05, 4.69) is 5.32 Å². The van der Waals surface area contributed by atoms with Gasteiger partial charge in [-0.15, -0.1) is 0 Å². The van der Waals surface area contributed by atoms with E-state index < -0.39 is 11.9 Å². The van der Waals surface area contributed by atoms with Crippen LogP contribution in [0.2, 0.25) is 0 Å². The first-order chi connectivity index (χ1) is 13.6. The Bertz CT molecular complexity index is 805. The Hall–Kier alpha value is -2.64. The number of carbonyl (C=O) groups excluding carboxylic acids is 1. The van der Waals surface area contributed by atoms with Crippen molar-refractivity contribution in [3.05, 3.63) is 58.5 Å². The van der Waals surface area contributed by atoms with Gasteiger partial charge in [-0.1, -0.05) is 31.2 Å². The van der Waals surface area contributed by atoms with E-state index in [-0.39, 0.29) is 17.4 Å². The number of carbonyl (C=O) groups is 2. The molecule has 0 saturated carbocycles. The van der Waals surface area contributed by atoms with Gasteiger partial charge in [0.05, 0.1) is 12.7 Å². The van der Waals surface area contributed by atoms with E-state index in [1.165, 1.54) is 6.07 Å². The first-order valence-electron chi connectivity index (χ1n) is 9.48. The van der Waals surface area contributed by atoms with Crippen LogP contribution in [0.5, 0.6) is 0 Å². The molecule has 150 valence electrons. The van der Waals surface area contributed by atoms with Crippen LogP contribution < -0.4 is 5.32 Å². The van der Waals surface area contributed by atoms with Crippen LogP contribution in [0.25, 0.3) is 0 Å². The molecule has 1 aliphatic rings. The summed E-state index contributed by atoms with van der Waals surface area (Å²) in [6.45, 7) is 4.17. The number of hydrogen-bond acceptors (Lipinski definition) is 5. The molecule has 7 nitrogen and oxygen atoms in total. The van der Waals surface area contributed by atoms with Gasteiger partial charge in [-0.2, -0.15) is 0 Å². The van der Waals surface area contributed by atoms with Crippen molar-refractivity contribution in [1.82, 2.24) is 5.32 Å². The Morgan fingerprint density at radius 1 is 1.18 bits per heavy atom. The average molecular weight is 387 g/mol. The number of hydrogen-bond donors (Lipinski definition) is 2. The first-order valence-corrected chi connectivity index (χ1v) is 9.48. The Morgan fingerprint density at radius 2 is 1.86 bits per heavy atom. The number of ether oxygens (including phenoxy) is 2. The van der Waals surface area contributed by atoms with Crippen LogP contribution in [0, 0.1) is 0 Å². The maximum atomic E-state index is 12.2. The van der Waals surface area contributed by atoms with Crippen LogP contribution in [-0.4, -0.2) is 36.3 Å². The topological polar surface area (TPSA) is 98.0 Å². The van der Waals surface area contributed by atoms with Gasteiger partial charge in [0.15, 0.2) is 5.76 Å². The Labute approximate surface area is 163 Å². The fourth-order valence-electron chi connectivity index (χ4n) is 3.06. The highest BCUT2D eigenvalue weighted by Gasteiger charge is 2.20. The summed E-state index contributed by atoms with van der Waals surface area (Å²) in [5, 5.41) is 11.9. The lowest BCUT2D eigenvalue weighted by atomic mass is 10.1. The maximum Gasteiger partial charge on any atom is 0.339 e. The molecule has 1 fully saturated rings. The largest absolute Gasteiger partial charge is 0.478 e. The number of amides is 1. The number of aromatic carboxylic acids is 1. The highest BCUT2D eigenvalue weighted by molar-refractivity contribution is 5.96. The summed E-state index contributed by atoms with van der Waals surface area (Å²) < 4.78 is 16.6. The van der Waals surface area contributed by atoms with Gasteiger partial charge >= 0.3 is 5.97 Å². The van der Waals surface area contributed by atoms with E-state index in [1.54, 1.807) is 6.92 Å². The molecule has 0 atom stereocenters. The molecule has 2 heterocycles. The van der Waals surface area contributed by atoms with Crippen molar-refractivity contribution in [2.24, 2.45) is 0 Å².